The molecule has 0 bridgehead atoms. The zero-order valence-corrected chi connectivity index (χ0v) is 8.05. The van der Waals surface area contributed by atoms with Crippen molar-refractivity contribution >= 4 is 11.9 Å². The molecule has 1 saturated heterocycles. The van der Waals surface area contributed by atoms with Gasteiger partial charge in [-0.05, 0) is 0 Å². The zero-order chi connectivity index (χ0) is 12.5. The van der Waals surface area contributed by atoms with Crippen LogP contribution in [0, 0.1) is 0 Å². The Labute approximate surface area is 89.7 Å². The summed E-state index contributed by atoms with van der Waals surface area (Å²) in [5.41, 5.74) is 0. The van der Waals surface area contributed by atoms with Crippen LogP contribution in [0.1, 0.15) is 6.42 Å². The Bertz CT molecular complexity index is 288. The molecule has 92 valence electrons. The highest BCUT2D eigenvalue weighted by atomic mass is 16.6. The maximum atomic E-state index is 10.6. The Kier molecular flexibility index (Phi) is 3.81. The lowest BCUT2D eigenvalue weighted by Crippen LogP contribution is -2.60. The van der Waals surface area contributed by atoms with Gasteiger partial charge >= 0.3 is 11.9 Å². The lowest BCUT2D eigenvalue weighted by atomic mass is 9.93. The summed E-state index contributed by atoms with van der Waals surface area (Å²) in [4.78, 5) is 21.0. The van der Waals surface area contributed by atoms with Crippen molar-refractivity contribution in [2.24, 2.45) is 0 Å². The van der Waals surface area contributed by atoms with Crippen LogP contribution in [0.15, 0.2) is 0 Å². The van der Waals surface area contributed by atoms with Crippen molar-refractivity contribution in [1.29, 1.82) is 0 Å². The highest BCUT2D eigenvalue weighted by Crippen LogP contribution is 2.23. The van der Waals surface area contributed by atoms with E-state index in [-0.39, 0.29) is 0 Å². The smallest absolute Gasteiger partial charge is 0.335 e. The molecule has 1 unspecified atom stereocenters. The fourth-order valence-corrected chi connectivity index (χ4v) is 1.50. The second-order valence-electron chi connectivity index (χ2n) is 3.50. The van der Waals surface area contributed by atoms with E-state index in [1.807, 2.05) is 0 Å². The number of aliphatic hydroxyl groups excluding tert-OH is 3. The molecule has 0 aromatic rings. The van der Waals surface area contributed by atoms with Crippen LogP contribution in [0.3, 0.4) is 0 Å². The van der Waals surface area contributed by atoms with Gasteiger partial charge < -0.3 is 30.3 Å². The van der Waals surface area contributed by atoms with Crippen molar-refractivity contribution in [3.63, 3.8) is 0 Å². The Morgan fingerprint density at radius 1 is 1.00 bits per heavy atom. The number of hydrogen-bond donors (Lipinski definition) is 5. The molecular formula is C8H12O8. The summed E-state index contributed by atoms with van der Waals surface area (Å²) in [5.74, 6) is -2.84. The third-order valence-corrected chi connectivity index (χ3v) is 2.33. The van der Waals surface area contributed by atoms with Gasteiger partial charge in [0.25, 0.3) is 0 Å². The van der Waals surface area contributed by atoms with E-state index >= 15 is 0 Å². The second kappa shape index (κ2) is 4.74. The zero-order valence-electron chi connectivity index (χ0n) is 8.05. The molecule has 0 saturated carbocycles. The fourth-order valence-electron chi connectivity index (χ4n) is 1.50. The molecule has 16 heavy (non-hydrogen) atoms. The van der Waals surface area contributed by atoms with Crippen LogP contribution in [0.25, 0.3) is 0 Å². The van der Waals surface area contributed by atoms with E-state index in [0.29, 0.717) is 0 Å². The number of aliphatic carboxylic acids is 2. The average molecular weight is 236 g/mol. The minimum Gasteiger partial charge on any atom is -0.481 e. The first kappa shape index (κ1) is 12.8. The van der Waals surface area contributed by atoms with Crippen LogP contribution >= 0.6 is 0 Å². The molecular weight excluding hydrogens is 224 g/mol. The maximum Gasteiger partial charge on any atom is 0.335 e. The van der Waals surface area contributed by atoms with Crippen molar-refractivity contribution in [1.82, 2.24) is 0 Å². The van der Waals surface area contributed by atoms with Gasteiger partial charge in [-0.3, -0.25) is 4.79 Å². The molecule has 0 aromatic heterocycles. The van der Waals surface area contributed by atoms with E-state index in [0.717, 1.165) is 0 Å². The first-order chi connectivity index (χ1) is 7.34. The Morgan fingerprint density at radius 2 is 1.56 bits per heavy atom. The molecule has 5 N–H and O–H groups in total. The predicted octanol–water partition coefficient (Wildman–Crippen LogP) is -2.60. The maximum absolute atomic E-state index is 10.6. The normalized spacial score (nSPS) is 39.3. The molecule has 8 nitrogen and oxygen atoms in total. The van der Waals surface area contributed by atoms with Gasteiger partial charge in [0.05, 0.1) is 12.5 Å². The quantitative estimate of drug-likeness (QED) is 0.358. The SMILES string of the molecule is O=C(O)CC1O[C@H](C(=O)O)[C@H](O)[C@H](O)[C@H]1O. The van der Waals surface area contributed by atoms with Gasteiger partial charge in [-0.2, -0.15) is 0 Å². The van der Waals surface area contributed by atoms with Crippen LogP contribution in [-0.4, -0.2) is 68.0 Å². The molecule has 0 spiro atoms. The van der Waals surface area contributed by atoms with E-state index < -0.39 is 48.9 Å². The van der Waals surface area contributed by atoms with Crippen LogP contribution in [0.2, 0.25) is 0 Å². The number of aliphatic hydroxyl groups is 3. The Hall–Kier alpha value is -1.22. The van der Waals surface area contributed by atoms with E-state index in [9.17, 15) is 24.9 Å². The molecule has 0 radical (unpaired) electrons. The standard InChI is InChI=1S/C8H12O8/c9-3(10)1-2-4(11)5(12)6(13)7(16-2)8(14)15/h2,4-7,11-13H,1H2,(H,9,10)(H,14,15)/t2?,4-,5+,6+,7-/m0/s1. The largest absolute Gasteiger partial charge is 0.481 e. The van der Waals surface area contributed by atoms with Crippen molar-refractivity contribution in [3.8, 4) is 0 Å². The van der Waals surface area contributed by atoms with Crippen molar-refractivity contribution < 1.29 is 39.9 Å². The van der Waals surface area contributed by atoms with Crippen LogP contribution in [0.4, 0.5) is 0 Å². The summed E-state index contributed by atoms with van der Waals surface area (Å²) in [6.45, 7) is 0. The molecule has 1 rings (SSSR count). The highest BCUT2D eigenvalue weighted by Gasteiger charge is 2.47. The first-order valence-corrected chi connectivity index (χ1v) is 4.49. The van der Waals surface area contributed by atoms with Crippen LogP contribution < -0.4 is 0 Å². The first-order valence-electron chi connectivity index (χ1n) is 4.49. The van der Waals surface area contributed by atoms with Gasteiger partial charge in [-0.25, -0.2) is 4.79 Å². The molecule has 0 aromatic carbocycles. The molecule has 0 aliphatic carbocycles. The average Bonchev–Trinajstić information content (AvgIpc) is 2.18. The van der Waals surface area contributed by atoms with E-state index in [1.165, 1.54) is 0 Å². The van der Waals surface area contributed by atoms with Crippen molar-refractivity contribution in [2.45, 2.75) is 36.9 Å². The summed E-state index contributed by atoms with van der Waals surface area (Å²) in [5, 5.41) is 45.1. The number of hydrogen-bond acceptors (Lipinski definition) is 6. The second-order valence-corrected chi connectivity index (χ2v) is 3.50. The topological polar surface area (TPSA) is 145 Å². The van der Waals surface area contributed by atoms with Crippen LogP contribution in [0.5, 0.6) is 0 Å². The van der Waals surface area contributed by atoms with E-state index in [1.54, 1.807) is 0 Å². The molecule has 1 aliphatic rings. The molecule has 1 fully saturated rings. The van der Waals surface area contributed by atoms with Gasteiger partial charge in [0, 0.05) is 0 Å². The third kappa shape index (κ3) is 2.47. The number of carboxylic acid groups (broad SMARTS) is 2. The summed E-state index contributed by atoms with van der Waals surface area (Å²) >= 11 is 0. The molecule has 1 aliphatic heterocycles. The number of ether oxygens (including phenoxy) is 1. The predicted molar refractivity (Wildman–Crippen MR) is 46.6 cm³/mol. The number of rotatable bonds is 3. The Morgan fingerprint density at radius 3 is 2.00 bits per heavy atom. The molecule has 1 heterocycles. The fraction of sp³-hybridized carbons (Fsp3) is 0.750. The lowest BCUT2D eigenvalue weighted by molar-refractivity contribution is -0.229. The summed E-state index contributed by atoms with van der Waals surface area (Å²) < 4.78 is 4.71. The molecule has 8 heteroatoms. The monoisotopic (exact) mass is 236 g/mol. The van der Waals surface area contributed by atoms with Gasteiger partial charge in [-0.1, -0.05) is 0 Å². The van der Waals surface area contributed by atoms with E-state index in [4.69, 9.17) is 14.9 Å². The third-order valence-electron chi connectivity index (χ3n) is 2.33. The number of carboxylic acids is 2. The van der Waals surface area contributed by atoms with Crippen LogP contribution in [-0.2, 0) is 14.3 Å². The van der Waals surface area contributed by atoms with Crippen molar-refractivity contribution in [3.05, 3.63) is 0 Å². The summed E-state index contributed by atoms with van der Waals surface area (Å²) in [6, 6.07) is 0. The van der Waals surface area contributed by atoms with Gasteiger partial charge in [0.2, 0.25) is 0 Å². The van der Waals surface area contributed by atoms with Crippen molar-refractivity contribution in [2.75, 3.05) is 0 Å². The Balaban J connectivity index is 2.80. The number of carbonyl (C=O) groups is 2. The minimum absolute atomic E-state index is 0.658. The minimum atomic E-state index is -1.79. The van der Waals surface area contributed by atoms with Gasteiger partial charge in [0.15, 0.2) is 6.10 Å². The van der Waals surface area contributed by atoms with Gasteiger partial charge in [0.1, 0.15) is 18.3 Å². The highest BCUT2D eigenvalue weighted by molar-refractivity contribution is 5.73. The lowest BCUT2D eigenvalue weighted by Gasteiger charge is -2.38. The molecule has 5 atom stereocenters. The van der Waals surface area contributed by atoms with Gasteiger partial charge in [-0.15, -0.1) is 0 Å². The summed E-state index contributed by atoms with van der Waals surface area (Å²) in [6.07, 6.45) is -8.95. The van der Waals surface area contributed by atoms with E-state index in [2.05, 4.69) is 0 Å². The summed E-state index contributed by atoms with van der Waals surface area (Å²) in [7, 11) is 0. The molecule has 0 amide bonds.